The summed E-state index contributed by atoms with van der Waals surface area (Å²) < 4.78 is 18.2. The van der Waals surface area contributed by atoms with Crippen LogP contribution in [0.15, 0.2) is 24.3 Å². The van der Waals surface area contributed by atoms with Gasteiger partial charge in [-0.3, -0.25) is 4.79 Å². The number of morpholine rings is 1. The minimum atomic E-state index is -0.257. The average Bonchev–Trinajstić information content (AvgIpc) is 3.27. The third-order valence-electron chi connectivity index (χ3n) is 4.15. The fourth-order valence-electron chi connectivity index (χ4n) is 2.64. The van der Waals surface area contributed by atoms with Gasteiger partial charge in [0.2, 0.25) is 5.91 Å². The van der Waals surface area contributed by atoms with Crippen LogP contribution in [-0.2, 0) is 14.9 Å². The van der Waals surface area contributed by atoms with Crippen LogP contribution in [-0.4, -0.2) is 38.3 Å². The van der Waals surface area contributed by atoms with Crippen LogP contribution in [0.2, 0.25) is 0 Å². The molecule has 1 atom stereocenters. The molecular formula is C15H19FN2O2. The zero-order chi connectivity index (χ0) is 14.0. The van der Waals surface area contributed by atoms with Gasteiger partial charge in [-0.15, -0.1) is 0 Å². The molecule has 1 aromatic rings. The van der Waals surface area contributed by atoms with Gasteiger partial charge in [-0.2, -0.15) is 0 Å². The quantitative estimate of drug-likeness (QED) is 0.862. The molecule has 5 heteroatoms. The SMILES string of the molecule is O=C(NCC1(c2ccc(F)cc2)CC1)C1COCCN1. The molecule has 2 fully saturated rings. The van der Waals surface area contributed by atoms with Gasteiger partial charge in [-0.25, -0.2) is 4.39 Å². The smallest absolute Gasteiger partial charge is 0.239 e. The van der Waals surface area contributed by atoms with E-state index in [0.717, 1.165) is 18.4 Å². The summed E-state index contributed by atoms with van der Waals surface area (Å²) in [5.74, 6) is -0.241. The van der Waals surface area contributed by atoms with E-state index in [-0.39, 0.29) is 23.2 Å². The fourth-order valence-corrected chi connectivity index (χ4v) is 2.64. The molecule has 0 bridgehead atoms. The predicted octanol–water partition coefficient (Wildman–Crippen LogP) is 0.962. The van der Waals surface area contributed by atoms with Gasteiger partial charge in [0.15, 0.2) is 0 Å². The maximum Gasteiger partial charge on any atom is 0.239 e. The summed E-state index contributed by atoms with van der Waals surface area (Å²) in [4.78, 5) is 12.0. The van der Waals surface area contributed by atoms with Crippen molar-refractivity contribution in [3.8, 4) is 0 Å². The van der Waals surface area contributed by atoms with Crippen LogP contribution in [0.1, 0.15) is 18.4 Å². The summed E-state index contributed by atoms with van der Waals surface area (Å²) in [5.41, 5.74) is 1.10. The zero-order valence-corrected chi connectivity index (χ0v) is 11.3. The topological polar surface area (TPSA) is 50.4 Å². The summed E-state index contributed by atoms with van der Waals surface area (Å²) in [6, 6.07) is 6.34. The van der Waals surface area contributed by atoms with Gasteiger partial charge in [0, 0.05) is 18.5 Å². The Hall–Kier alpha value is -1.46. The van der Waals surface area contributed by atoms with Crippen LogP contribution in [0.4, 0.5) is 4.39 Å². The van der Waals surface area contributed by atoms with E-state index in [9.17, 15) is 9.18 Å². The highest BCUT2D eigenvalue weighted by Gasteiger charge is 2.44. The monoisotopic (exact) mass is 278 g/mol. The first-order valence-electron chi connectivity index (χ1n) is 7.05. The van der Waals surface area contributed by atoms with E-state index < -0.39 is 0 Å². The largest absolute Gasteiger partial charge is 0.378 e. The first-order valence-corrected chi connectivity index (χ1v) is 7.05. The highest BCUT2D eigenvalue weighted by molar-refractivity contribution is 5.82. The molecule has 1 saturated carbocycles. The minimum Gasteiger partial charge on any atom is -0.378 e. The van der Waals surface area contributed by atoms with E-state index in [2.05, 4.69) is 10.6 Å². The van der Waals surface area contributed by atoms with Crippen molar-refractivity contribution in [1.82, 2.24) is 10.6 Å². The number of nitrogens with one attached hydrogen (secondary N) is 2. The van der Waals surface area contributed by atoms with Crippen molar-refractivity contribution in [2.75, 3.05) is 26.3 Å². The molecule has 4 nitrogen and oxygen atoms in total. The van der Waals surface area contributed by atoms with Gasteiger partial charge in [-0.1, -0.05) is 12.1 Å². The molecule has 0 radical (unpaired) electrons. The number of carbonyl (C=O) groups is 1. The molecule has 1 aromatic carbocycles. The summed E-state index contributed by atoms with van der Waals surface area (Å²) in [7, 11) is 0. The molecule has 3 rings (SSSR count). The lowest BCUT2D eigenvalue weighted by atomic mass is 9.96. The van der Waals surface area contributed by atoms with Crippen molar-refractivity contribution >= 4 is 5.91 Å². The molecule has 1 saturated heterocycles. The molecular weight excluding hydrogens is 259 g/mol. The molecule has 108 valence electrons. The lowest BCUT2D eigenvalue weighted by molar-refractivity contribution is -0.126. The van der Waals surface area contributed by atoms with Gasteiger partial charge in [-0.05, 0) is 30.5 Å². The van der Waals surface area contributed by atoms with Gasteiger partial charge >= 0.3 is 0 Å². The molecule has 1 aliphatic carbocycles. The second kappa shape index (κ2) is 5.50. The first kappa shape index (κ1) is 13.5. The van der Waals surface area contributed by atoms with Crippen molar-refractivity contribution in [3.63, 3.8) is 0 Å². The second-order valence-corrected chi connectivity index (χ2v) is 5.59. The van der Waals surface area contributed by atoms with Gasteiger partial charge in [0.25, 0.3) is 0 Å². The van der Waals surface area contributed by atoms with Crippen LogP contribution in [0.25, 0.3) is 0 Å². The van der Waals surface area contributed by atoms with Gasteiger partial charge in [0.1, 0.15) is 11.9 Å². The maximum atomic E-state index is 13.0. The first-order chi connectivity index (χ1) is 9.70. The number of benzene rings is 1. The van der Waals surface area contributed by atoms with Crippen molar-refractivity contribution < 1.29 is 13.9 Å². The number of rotatable bonds is 4. The number of ether oxygens (including phenoxy) is 1. The van der Waals surface area contributed by atoms with Crippen LogP contribution in [0.5, 0.6) is 0 Å². The molecule has 1 amide bonds. The molecule has 2 N–H and O–H groups in total. The Kier molecular flexibility index (Phi) is 3.72. The minimum absolute atomic E-state index is 0.00111. The summed E-state index contributed by atoms with van der Waals surface area (Å²) in [6.45, 7) is 2.40. The van der Waals surface area contributed by atoms with Gasteiger partial charge < -0.3 is 15.4 Å². The Morgan fingerprint density at radius 1 is 1.40 bits per heavy atom. The molecule has 20 heavy (non-hydrogen) atoms. The highest BCUT2D eigenvalue weighted by atomic mass is 19.1. The van der Waals surface area contributed by atoms with E-state index in [0.29, 0.717) is 26.3 Å². The zero-order valence-electron chi connectivity index (χ0n) is 11.3. The standard InChI is InChI=1S/C15H19FN2O2/c16-12-3-1-11(2-4-12)15(5-6-15)10-18-14(19)13-9-20-8-7-17-13/h1-4,13,17H,5-10H2,(H,18,19). The van der Waals surface area contributed by atoms with Crippen LogP contribution >= 0.6 is 0 Å². The summed E-state index contributed by atoms with van der Waals surface area (Å²) in [6.07, 6.45) is 2.07. The molecule has 0 aromatic heterocycles. The van der Waals surface area contributed by atoms with Crippen molar-refractivity contribution in [2.45, 2.75) is 24.3 Å². The number of halogens is 1. The Bertz CT molecular complexity index is 479. The van der Waals surface area contributed by atoms with Gasteiger partial charge in [0.05, 0.1) is 13.2 Å². The van der Waals surface area contributed by atoms with Crippen LogP contribution < -0.4 is 10.6 Å². The Morgan fingerprint density at radius 3 is 2.75 bits per heavy atom. The summed E-state index contributed by atoms with van der Waals surface area (Å²) >= 11 is 0. The van der Waals surface area contributed by atoms with E-state index in [1.54, 1.807) is 0 Å². The number of amides is 1. The van der Waals surface area contributed by atoms with Crippen molar-refractivity contribution in [3.05, 3.63) is 35.6 Å². The molecule has 1 aliphatic heterocycles. The van der Waals surface area contributed by atoms with Crippen LogP contribution in [0, 0.1) is 5.82 Å². The predicted molar refractivity (Wildman–Crippen MR) is 72.9 cm³/mol. The number of hydrogen-bond acceptors (Lipinski definition) is 3. The Labute approximate surface area is 117 Å². The number of carbonyl (C=O) groups excluding carboxylic acids is 1. The highest BCUT2D eigenvalue weighted by Crippen LogP contribution is 2.47. The lowest BCUT2D eigenvalue weighted by Gasteiger charge is -2.24. The second-order valence-electron chi connectivity index (χ2n) is 5.59. The van der Waals surface area contributed by atoms with Crippen molar-refractivity contribution in [2.24, 2.45) is 0 Å². The third kappa shape index (κ3) is 2.83. The normalized spacial score (nSPS) is 24.1. The lowest BCUT2D eigenvalue weighted by Crippen LogP contribution is -2.52. The van der Waals surface area contributed by atoms with Crippen molar-refractivity contribution in [1.29, 1.82) is 0 Å². The molecule has 1 heterocycles. The summed E-state index contributed by atoms with van der Waals surface area (Å²) in [5, 5.41) is 6.13. The molecule has 1 unspecified atom stereocenters. The van der Waals surface area contributed by atoms with E-state index in [1.807, 2.05) is 12.1 Å². The van der Waals surface area contributed by atoms with E-state index in [1.165, 1.54) is 12.1 Å². The van der Waals surface area contributed by atoms with Crippen LogP contribution in [0.3, 0.4) is 0 Å². The number of hydrogen-bond donors (Lipinski definition) is 2. The molecule has 2 aliphatic rings. The third-order valence-corrected chi connectivity index (χ3v) is 4.15. The molecule has 0 spiro atoms. The van der Waals surface area contributed by atoms with E-state index in [4.69, 9.17) is 4.74 Å². The maximum absolute atomic E-state index is 13.0. The fraction of sp³-hybridized carbons (Fsp3) is 0.533. The average molecular weight is 278 g/mol. The Balaban J connectivity index is 1.57. The van der Waals surface area contributed by atoms with E-state index >= 15 is 0 Å². The Morgan fingerprint density at radius 2 is 2.15 bits per heavy atom.